The fourth-order valence-electron chi connectivity index (χ4n) is 2.90. The van der Waals surface area contributed by atoms with Gasteiger partial charge in [-0.3, -0.25) is 4.98 Å². The first-order valence-electron chi connectivity index (χ1n) is 8.37. The van der Waals surface area contributed by atoms with Gasteiger partial charge in [-0.15, -0.1) is 0 Å². The Kier molecular flexibility index (Phi) is 6.53. The van der Waals surface area contributed by atoms with E-state index in [1.54, 1.807) is 30.5 Å². The molecule has 2 aromatic rings. The maximum Gasteiger partial charge on any atom is 0.218 e. The average molecular weight is 415 g/mol. The highest BCUT2D eigenvalue weighted by atomic mass is 35.5. The molecule has 0 N–H and O–H groups in total. The van der Waals surface area contributed by atoms with Gasteiger partial charge in [-0.2, -0.15) is 4.31 Å². The van der Waals surface area contributed by atoms with Gasteiger partial charge < -0.3 is 4.74 Å². The van der Waals surface area contributed by atoms with Crippen LogP contribution in [-0.2, 0) is 27.1 Å². The first-order chi connectivity index (χ1) is 12.4. The Hall–Kier alpha value is -1.18. The van der Waals surface area contributed by atoms with Crippen molar-refractivity contribution in [3.8, 4) is 0 Å². The second-order valence-corrected chi connectivity index (χ2v) is 9.04. The van der Waals surface area contributed by atoms with Crippen molar-refractivity contribution in [3.05, 3.63) is 63.9 Å². The highest BCUT2D eigenvalue weighted by molar-refractivity contribution is 7.88. The number of sulfonamides is 1. The van der Waals surface area contributed by atoms with E-state index in [9.17, 15) is 8.42 Å². The molecule has 0 unspecified atom stereocenters. The van der Waals surface area contributed by atoms with Crippen LogP contribution in [0.25, 0.3) is 0 Å². The van der Waals surface area contributed by atoms with Crippen LogP contribution < -0.4 is 0 Å². The van der Waals surface area contributed by atoms with E-state index >= 15 is 0 Å². The van der Waals surface area contributed by atoms with Crippen molar-refractivity contribution in [2.45, 2.75) is 31.2 Å². The van der Waals surface area contributed by atoms with Crippen LogP contribution in [0.15, 0.2) is 42.6 Å². The molecule has 3 rings (SSSR count). The van der Waals surface area contributed by atoms with E-state index in [2.05, 4.69) is 4.98 Å². The largest absolute Gasteiger partial charge is 0.377 e. The van der Waals surface area contributed by atoms with E-state index in [4.69, 9.17) is 27.9 Å². The van der Waals surface area contributed by atoms with Gasteiger partial charge in [0.25, 0.3) is 0 Å². The monoisotopic (exact) mass is 414 g/mol. The van der Waals surface area contributed by atoms with Crippen LogP contribution in [-0.4, -0.2) is 37.0 Å². The second-order valence-electron chi connectivity index (χ2n) is 6.25. The summed E-state index contributed by atoms with van der Waals surface area (Å²) in [5.41, 5.74) is 1.29. The van der Waals surface area contributed by atoms with E-state index in [0.29, 0.717) is 34.5 Å². The minimum atomic E-state index is -3.58. The van der Waals surface area contributed by atoms with Crippen molar-refractivity contribution in [3.63, 3.8) is 0 Å². The summed E-state index contributed by atoms with van der Waals surface area (Å²) < 4.78 is 33.2. The predicted molar refractivity (Wildman–Crippen MR) is 103 cm³/mol. The van der Waals surface area contributed by atoms with Crippen molar-refractivity contribution < 1.29 is 13.2 Å². The lowest BCUT2D eigenvalue weighted by molar-refractivity contribution is 0.0923. The standard InChI is InChI=1S/C18H20Cl2N2O3S/c19-17-7-6-14(10-18(17)20)13-26(23,24)22(12-16-5-3-9-25-16)11-15-4-1-2-8-21-15/h1-2,4,6-8,10,16H,3,5,9,11-13H2/t16-/m0/s1. The van der Waals surface area contributed by atoms with Gasteiger partial charge in [-0.25, -0.2) is 8.42 Å². The Morgan fingerprint density at radius 1 is 1.19 bits per heavy atom. The molecule has 0 bridgehead atoms. The van der Waals surface area contributed by atoms with E-state index < -0.39 is 10.0 Å². The lowest BCUT2D eigenvalue weighted by Crippen LogP contribution is -2.37. The average Bonchev–Trinajstić information content (AvgIpc) is 3.11. The zero-order valence-corrected chi connectivity index (χ0v) is 16.5. The molecule has 0 aliphatic carbocycles. The Labute approximate surface area is 163 Å². The zero-order valence-electron chi connectivity index (χ0n) is 14.1. The normalized spacial score (nSPS) is 17.7. The Morgan fingerprint density at radius 2 is 2.04 bits per heavy atom. The van der Waals surface area contributed by atoms with Gasteiger partial charge in [0.15, 0.2) is 0 Å². The lowest BCUT2D eigenvalue weighted by Gasteiger charge is -2.24. The second kappa shape index (κ2) is 8.67. The molecular weight excluding hydrogens is 395 g/mol. The number of pyridine rings is 1. The Bertz CT molecular complexity index is 841. The molecule has 1 atom stereocenters. The highest BCUT2D eigenvalue weighted by Gasteiger charge is 2.28. The number of aromatic nitrogens is 1. The molecule has 1 aromatic carbocycles. The summed E-state index contributed by atoms with van der Waals surface area (Å²) in [7, 11) is -3.58. The molecule has 1 aromatic heterocycles. The Balaban J connectivity index is 1.81. The van der Waals surface area contributed by atoms with Gasteiger partial charge in [0.2, 0.25) is 10.0 Å². The molecule has 0 spiro atoms. The van der Waals surface area contributed by atoms with Crippen molar-refractivity contribution in [2.24, 2.45) is 0 Å². The molecule has 1 saturated heterocycles. The van der Waals surface area contributed by atoms with Crippen molar-refractivity contribution in [1.82, 2.24) is 9.29 Å². The summed E-state index contributed by atoms with van der Waals surface area (Å²) in [4.78, 5) is 4.25. The summed E-state index contributed by atoms with van der Waals surface area (Å²) in [6.07, 6.45) is 3.39. The van der Waals surface area contributed by atoms with Crippen molar-refractivity contribution >= 4 is 33.2 Å². The van der Waals surface area contributed by atoms with Crippen molar-refractivity contribution in [2.75, 3.05) is 13.2 Å². The number of halogens is 2. The molecular formula is C18H20Cl2N2O3S. The molecule has 1 aliphatic rings. The third-order valence-corrected chi connectivity index (χ3v) is 6.72. The maximum atomic E-state index is 13.1. The molecule has 5 nitrogen and oxygen atoms in total. The van der Waals surface area contributed by atoms with E-state index in [0.717, 1.165) is 12.8 Å². The van der Waals surface area contributed by atoms with Gasteiger partial charge in [0, 0.05) is 19.3 Å². The van der Waals surface area contributed by atoms with Crippen LogP contribution in [0.1, 0.15) is 24.1 Å². The topological polar surface area (TPSA) is 59.5 Å². The van der Waals surface area contributed by atoms with Crippen LogP contribution in [0.5, 0.6) is 0 Å². The minimum Gasteiger partial charge on any atom is -0.377 e. The summed E-state index contributed by atoms with van der Waals surface area (Å²) in [5.74, 6) is -0.149. The SMILES string of the molecule is O=S(=O)(Cc1ccc(Cl)c(Cl)c1)N(Cc1ccccn1)C[C@@H]1CCCO1. The molecule has 0 radical (unpaired) electrons. The number of nitrogens with zero attached hydrogens (tertiary/aromatic N) is 2. The van der Waals surface area contributed by atoms with Crippen molar-refractivity contribution in [1.29, 1.82) is 0 Å². The summed E-state index contributed by atoms with van der Waals surface area (Å²) >= 11 is 11.9. The molecule has 26 heavy (non-hydrogen) atoms. The summed E-state index contributed by atoms with van der Waals surface area (Å²) in [6.45, 7) is 1.21. The first kappa shape index (κ1) is 19.6. The molecule has 140 valence electrons. The quantitative estimate of drug-likeness (QED) is 0.688. The van der Waals surface area contributed by atoms with Crippen LogP contribution >= 0.6 is 23.2 Å². The number of hydrogen-bond donors (Lipinski definition) is 0. The van der Waals surface area contributed by atoms with Crippen LogP contribution in [0.3, 0.4) is 0 Å². The maximum absolute atomic E-state index is 13.1. The zero-order chi connectivity index (χ0) is 18.6. The fraction of sp³-hybridized carbons (Fsp3) is 0.389. The molecule has 8 heteroatoms. The fourth-order valence-corrected chi connectivity index (χ4v) is 4.72. The molecule has 2 heterocycles. The number of rotatable bonds is 7. The smallest absolute Gasteiger partial charge is 0.218 e. The summed E-state index contributed by atoms with van der Waals surface area (Å²) in [6, 6.07) is 10.3. The third-order valence-electron chi connectivity index (χ3n) is 4.22. The number of hydrogen-bond acceptors (Lipinski definition) is 4. The van der Waals surface area contributed by atoms with Gasteiger partial charge in [0.05, 0.1) is 34.1 Å². The van der Waals surface area contributed by atoms with Crippen LogP contribution in [0.2, 0.25) is 10.0 Å². The minimum absolute atomic E-state index is 0.0812. The highest BCUT2D eigenvalue weighted by Crippen LogP contribution is 2.25. The molecule has 1 fully saturated rings. The van der Waals surface area contributed by atoms with Gasteiger partial charge >= 0.3 is 0 Å². The lowest BCUT2D eigenvalue weighted by atomic mass is 10.2. The van der Waals surface area contributed by atoms with Gasteiger partial charge in [-0.1, -0.05) is 35.3 Å². The number of benzene rings is 1. The van der Waals surface area contributed by atoms with Gasteiger partial charge in [0.1, 0.15) is 0 Å². The Morgan fingerprint density at radius 3 is 2.69 bits per heavy atom. The van der Waals surface area contributed by atoms with Gasteiger partial charge in [-0.05, 0) is 42.7 Å². The first-order valence-corrected chi connectivity index (χ1v) is 10.7. The molecule has 1 aliphatic heterocycles. The van der Waals surface area contributed by atoms with E-state index in [1.807, 2.05) is 12.1 Å². The van der Waals surface area contributed by atoms with Crippen LogP contribution in [0.4, 0.5) is 0 Å². The molecule has 0 saturated carbocycles. The number of ether oxygens (including phenoxy) is 1. The predicted octanol–water partition coefficient (Wildman–Crippen LogP) is 3.90. The third kappa shape index (κ3) is 5.18. The molecule has 0 amide bonds. The van der Waals surface area contributed by atoms with E-state index in [-0.39, 0.29) is 18.4 Å². The van der Waals surface area contributed by atoms with E-state index in [1.165, 1.54) is 4.31 Å². The summed E-state index contributed by atoms with van der Waals surface area (Å²) in [5, 5.41) is 0.743. The van der Waals surface area contributed by atoms with Crippen LogP contribution in [0, 0.1) is 0 Å².